The molecule has 1 aliphatic heterocycles. The second kappa shape index (κ2) is 5.21. The van der Waals surface area contributed by atoms with Crippen molar-refractivity contribution in [1.82, 2.24) is 10.2 Å². The SMILES string of the molecule is N#CC1CNCCN1Cc1cccc(F)c1F. The zero-order valence-electron chi connectivity index (χ0n) is 9.29. The van der Waals surface area contributed by atoms with Gasteiger partial charge in [-0.15, -0.1) is 0 Å². The summed E-state index contributed by atoms with van der Waals surface area (Å²) in [5, 5.41) is 12.1. The van der Waals surface area contributed by atoms with Crippen molar-refractivity contribution in [2.24, 2.45) is 0 Å². The van der Waals surface area contributed by atoms with Crippen molar-refractivity contribution in [2.75, 3.05) is 19.6 Å². The lowest BCUT2D eigenvalue weighted by Gasteiger charge is -2.31. The van der Waals surface area contributed by atoms with Gasteiger partial charge in [0.15, 0.2) is 11.6 Å². The second-order valence-electron chi connectivity index (χ2n) is 4.03. The van der Waals surface area contributed by atoms with Crippen molar-refractivity contribution in [3.05, 3.63) is 35.4 Å². The Morgan fingerprint density at radius 2 is 2.29 bits per heavy atom. The topological polar surface area (TPSA) is 39.1 Å². The highest BCUT2D eigenvalue weighted by atomic mass is 19.2. The molecule has 90 valence electrons. The number of rotatable bonds is 2. The van der Waals surface area contributed by atoms with E-state index in [0.29, 0.717) is 18.7 Å². The minimum Gasteiger partial charge on any atom is -0.313 e. The van der Waals surface area contributed by atoms with E-state index in [1.54, 1.807) is 6.07 Å². The summed E-state index contributed by atoms with van der Waals surface area (Å²) in [5.74, 6) is -1.66. The van der Waals surface area contributed by atoms with Crippen molar-refractivity contribution in [3.63, 3.8) is 0 Å². The van der Waals surface area contributed by atoms with Gasteiger partial charge in [-0.3, -0.25) is 4.90 Å². The van der Waals surface area contributed by atoms with Gasteiger partial charge in [0.05, 0.1) is 6.07 Å². The third-order valence-electron chi connectivity index (χ3n) is 2.91. The molecule has 0 saturated carbocycles. The highest BCUT2D eigenvalue weighted by Crippen LogP contribution is 2.15. The van der Waals surface area contributed by atoms with Gasteiger partial charge in [-0.2, -0.15) is 5.26 Å². The van der Waals surface area contributed by atoms with Crippen LogP contribution in [0.4, 0.5) is 8.78 Å². The molecule has 1 aromatic rings. The minimum absolute atomic E-state index is 0.267. The van der Waals surface area contributed by atoms with E-state index in [-0.39, 0.29) is 12.6 Å². The molecule has 0 bridgehead atoms. The first-order valence-corrected chi connectivity index (χ1v) is 5.49. The predicted octanol–water partition coefficient (Wildman–Crippen LogP) is 1.26. The number of halogens is 2. The third kappa shape index (κ3) is 2.60. The average molecular weight is 237 g/mol. The second-order valence-corrected chi connectivity index (χ2v) is 4.03. The molecular formula is C12H13F2N3. The number of benzene rings is 1. The van der Waals surface area contributed by atoms with Crippen molar-refractivity contribution < 1.29 is 8.78 Å². The largest absolute Gasteiger partial charge is 0.313 e. The number of piperazine rings is 1. The third-order valence-corrected chi connectivity index (χ3v) is 2.91. The van der Waals surface area contributed by atoms with Gasteiger partial charge in [0.2, 0.25) is 0 Å². The van der Waals surface area contributed by atoms with Crippen molar-refractivity contribution in [2.45, 2.75) is 12.6 Å². The van der Waals surface area contributed by atoms with Crippen LogP contribution in [0.1, 0.15) is 5.56 Å². The molecule has 2 rings (SSSR count). The van der Waals surface area contributed by atoms with Crippen molar-refractivity contribution in [3.8, 4) is 6.07 Å². The van der Waals surface area contributed by atoms with Crippen molar-refractivity contribution >= 4 is 0 Å². The lowest BCUT2D eigenvalue weighted by molar-refractivity contribution is 0.186. The molecule has 0 amide bonds. The van der Waals surface area contributed by atoms with E-state index < -0.39 is 11.6 Å². The minimum atomic E-state index is -0.842. The number of nitrogens with zero attached hydrogens (tertiary/aromatic N) is 2. The molecule has 0 aliphatic carbocycles. The van der Waals surface area contributed by atoms with Gasteiger partial charge in [0.1, 0.15) is 6.04 Å². The standard InChI is InChI=1S/C12H13F2N3/c13-11-3-1-2-9(12(11)14)8-17-5-4-16-7-10(17)6-15/h1-3,10,16H,4-5,7-8H2. The molecule has 5 heteroatoms. The molecule has 1 heterocycles. The van der Waals surface area contributed by atoms with Crippen LogP contribution in [-0.2, 0) is 6.54 Å². The van der Waals surface area contributed by atoms with Gasteiger partial charge < -0.3 is 5.32 Å². The molecule has 1 unspecified atom stereocenters. The molecular weight excluding hydrogens is 224 g/mol. The summed E-state index contributed by atoms with van der Waals surface area (Å²) < 4.78 is 26.5. The Kier molecular flexibility index (Phi) is 3.67. The smallest absolute Gasteiger partial charge is 0.163 e. The number of hydrogen-bond acceptors (Lipinski definition) is 3. The summed E-state index contributed by atoms with van der Waals surface area (Å²) in [6.07, 6.45) is 0. The van der Waals surface area contributed by atoms with Crippen LogP contribution in [-0.4, -0.2) is 30.6 Å². The van der Waals surface area contributed by atoms with Gasteiger partial charge in [0, 0.05) is 31.7 Å². The Hall–Kier alpha value is -1.51. The first-order valence-electron chi connectivity index (χ1n) is 5.49. The molecule has 17 heavy (non-hydrogen) atoms. The maximum Gasteiger partial charge on any atom is 0.163 e. The fourth-order valence-electron chi connectivity index (χ4n) is 1.95. The van der Waals surface area contributed by atoms with Crippen LogP contribution in [0.5, 0.6) is 0 Å². The van der Waals surface area contributed by atoms with E-state index in [1.807, 2.05) is 4.90 Å². The monoisotopic (exact) mass is 237 g/mol. The maximum atomic E-state index is 13.5. The molecule has 1 aliphatic rings. The predicted molar refractivity (Wildman–Crippen MR) is 59.0 cm³/mol. The Balaban J connectivity index is 2.14. The van der Waals surface area contributed by atoms with Crippen LogP contribution in [0.15, 0.2) is 18.2 Å². The van der Waals surface area contributed by atoms with Crippen LogP contribution in [0.3, 0.4) is 0 Å². The van der Waals surface area contributed by atoms with E-state index in [4.69, 9.17) is 5.26 Å². The highest BCUT2D eigenvalue weighted by Gasteiger charge is 2.23. The lowest BCUT2D eigenvalue weighted by atomic mass is 10.1. The molecule has 1 atom stereocenters. The summed E-state index contributed by atoms with van der Waals surface area (Å²) in [6, 6.07) is 6.00. The zero-order valence-corrected chi connectivity index (χ0v) is 9.29. The summed E-state index contributed by atoms with van der Waals surface area (Å²) in [7, 11) is 0. The normalized spacial score (nSPS) is 21.1. The Morgan fingerprint density at radius 3 is 3.06 bits per heavy atom. The molecule has 0 radical (unpaired) electrons. The van der Waals surface area contributed by atoms with E-state index in [2.05, 4.69) is 11.4 Å². The molecule has 1 N–H and O–H groups in total. The van der Waals surface area contributed by atoms with E-state index in [9.17, 15) is 8.78 Å². The van der Waals surface area contributed by atoms with E-state index in [1.165, 1.54) is 6.07 Å². The number of nitriles is 1. The summed E-state index contributed by atoms with van der Waals surface area (Å²) in [5.41, 5.74) is 0.298. The lowest BCUT2D eigenvalue weighted by Crippen LogP contribution is -2.50. The summed E-state index contributed by atoms with van der Waals surface area (Å²) in [6.45, 7) is 2.25. The summed E-state index contributed by atoms with van der Waals surface area (Å²) in [4.78, 5) is 1.86. The van der Waals surface area contributed by atoms with Gasteiger partial charge in [0.25, 0.3) is 0 Å². The molecule has 0 spiro atoms. The first kappa shape index (κ1) is 12.0. The first-order chi connectivity index (χ1) is 8.22. The zero-order chi connectivity index (χ0) is 12.3. The Labute approximate surface area is 98.6 Å². The van der Waals surface area contributed by atoms with Crippen LogP contribution in [0.25, 0.3) is 0 Å². The van der Waals surface area contributed by atoms with Crippen LogP contribution >= 0.6 is 0 Å². The highest BCUT2D eigenvalue weighted by molar-refractivity contribution is 5.19. The Bertz CT molecular complexity index is 442. The average Bonchev–Trinajstić information content (AvgIpc) is 2.35. The fraction of sp³-hybridized carbons (Fsp3) is 0.417. The Morgan fingerprint density at radius 1 is 1.47 bits per heavy atom. The van der Waals surface area contributed by atoms with Crippen LogP contribution < -0.4 is 5.32 Å². The van der Waals surface area contributed by atoms with Gasteiger partial charge >= 0.3 is 0 Å². The van der Waals surface area contributed by atoms with Gasteiger partial charge in [-0.05, 0) is 6.07 Å². The molecule has 1 fully saturated rings. The van der Waals surface area contributed by atoms with E-state index >= 15 is 0 Å². The van der Waals surface area contributed by atoms with Crippen molar-refractivity contribution in [1.29, 1.82) is 5.26 Å². The number of nitrogens with one attached hydrogen (secondary N) is 1. The maximum absolute atomic E-state index is 13.5. The fourth-order valence-corrected chi connectivity index (χ4v) is 1.95. The van der Waals surface area contributed by atoms with Crippen LogP contribution in [0.2, 0.25) is 0 Å². The summed E-state index contributed by atoms with van der Waals surface area (Å²) >= 11 is 0. The van der Waals surface area contributed by atoms with E-state index in [0.717, 1.165) is 12.6 Å². The van der Waals surface area contributed by atoms with Gasteiger partial charge in [-0.25, -0.2) is 8.78 Å². The quantitative estimate of drug-likeness (QED) is 0.841. The molecule has 1 aromatic carbocycles. The van der Waals surface area contributed by atoms with Crippen LogP contribution in [0, 0.1) is 23.0 Å². The molecule has 0 aromatic heterocycles. The van der Waals surface area contributed by atoms with Gasteiger partial charge in [-0.1, -0.05) is 12.1 Å². The number of hydrogen-bond donors (Lipinski definition) is 1. The molecule has 3 nitrogen and oxygen atoms in total. The molecule has 1 saturated heterocycles.